The molecule has 2 saturated heterocycles. The number of carbonyl (C=O) groups is 1. The van der Waals surface area contributed by atoms with Crippen LogP contribution in [0, 0.1) is 0 Å². The molecule has 2 fully saturated rings. The number of nitrogen functional groups attached to an aromatic ring is 1. The van der Waals surface area contributed by atoms with E-state index in [1.54, 1.807) is 29.3 Å². The minimum atomic E-state index is -1.21. The summed E-state index contributed by atoms with van der Waals surface area (Å²) in [7, 11) is 2.18. The monoisotopic (exact) mass is 689 g/mol. The van der Waals surface area contributed by atoms with Gasteiger partial charge in [0.25, 0.3) is 5.91 Å². The van der Waals surface area contributed by atoms with Crippen LogP contribution in [-0.2, 0) is 10.3 Å². The van der Waals surface area contributed by atoms with Crippen LogP contribution in [0.5, 0.6) is 5.75 Å². The Balaban J connectivity index is 0.972. The largest absolute Gasteiger partial charge is 0.494 e. The maximum Gasteiger partial charge on any atom is 0.255 e. The predicted molar refractivity (Wildman–Crippen MR) is 195 cm³/mol. The lowest BCUT2D eigenvalue weighted by Crippen LogP contribution is -2.56. The van der Waals surface area contributed by atoms with Crippen LogP contribution in [0.3, 0.4) is 0 Å². The second-order valence-corrected chi connectivity index (χ2v) is 13.5. The summed E-state index contributed by atoms with van der Waals surface area (Å²) in [4.78, 5) is 33.2. The van der Waals surface area contributed by atoms with Crippen molar-refractivity contribution < 1.29 is 13.9 Å². The molecule has 0 radical (unpaired) electrons. The molecular formula is C37H43N11O3. The van der Waals surface area contributed by atoms with Gasteiger partial charge in [-0.15, -0.1) is 5.10 Å². The summed E-state index contributed by atoms with van der Waals surface area (Å²) in [5.74, 6) is 1.83. The number of ether oxygens (including phenoxy) is 1. The maximum absolute atomic E-state index is 14.7. The number of fused-ring (bicyclic) bond motifs is 3. The third-order valence-corrected chi connectivity index (χ3v) is 10.2. The zero-order chi connectivity index (χ0) is 35.0. The van der Waals surface area contributed by atoms with Gasteiger partial charge in [-0.25, -0.2) is 9.67 Å². The van der Waals surface area contributed by atoms with E-state index in [0.29, 0.717) is 61.1 Å². The molecule has 14 nitrogen and oxygen atoms in total. The minimum absolute atomic E-state index is 0.0725. The van der Waals surface area contributed by atoms with Gasteiger partial charge in [0.15, 0.2) is 22.6 Å². The first-order valence-corrected chi connectivity index (χ1v) is 17.6. The molecule has 0 aliphatic carbocycles. The Labute approximate surface area is 296 Å². The zero-order valence-corrected chi connectivity index (χ0v) is 29.1. The quantitative estimate of drug-likeness (QED) is 0.212. The Kier molecular flexibility index (Phi) is 8.78. The van der Waals surface area contributed by atoms with E-state index in [9.17, 15) is 4.79 Å². The first kappa shape index (κ1) is 32.7. The number of amides is 1. The van der Waals surface area contributed by atoms with Gasteiger partial charge in [0.1, 0.15) is 5.75 Å². The van der Waals surface area contributed by atoms with E-state index < -0.39 is 5.54 Å². The van der Waals surface area contributed by atoms with Gasteiger partial charge >= 0.3 is 0 Å². The highest BCUT2D eigenvalue weighted by atomic mass is 16.5. The third-order valence-electron chi connectivity index (χ3n) is 10.2. The lowest BCUT2D eigenvalue weighted by molar-refractivity contribution is -0.138. The summed E-state index contributed by atoms with van der Waals surface area (Å²) in [5.41, 5.74) is 8.04. The molecule has 4 aromatic heterocycles. The van der Waals surface area contributed by atoms with Crippen LogP contribution >= 0.6 is 0 Å². The summed E-state index contributed by atoms with van der Waals surface area (Å²) in [6, 6.07) is 21.6. The van der Waals surface area contributed by atoms with Crippen LogP contribution in [0.25, 0.3) is 28.3 Å². The molecule has 0 bridgehead atoms. The van der Waals surface area contributed by atoms with Gasteiger partial charge in [-0.05, 0) is 62.4 Å². The Bertz CT molecular complexity index is 2100. The van der Waals surface area contributed by atoms with E-state index in [1.807, 2.05) is 54.3 Å². The van der Waals surface area contributed by atoms with Crippen molar-refractivity contribution in [3.05, 3.63) is 84.8 Å². The van der Waals surface area contributed by atoms with E-state index >= 15 is 0 Å². The Hall–Kier alpha value is -5.47. The number of hydrogen-bond acceptors (Lipinski definition) is 11. The summed E-state index contributed by atoms with van der Waals surface area (Å²) in [6.45, 7) is 10.7. The van der Waals surface area contributed by atoms with Crippen molar-refractivity contribution in [1.29, 1.82) is 0 Å². The molecule has 6 heterocycles. The lowest BCUT2D eigenvalue weighted by Gasteiger charge is -2.40. The molecule has 2 aromatic carbocycles. The number of nitrogens with two attached hydrogens (primary N) is 1. The summed E-state index contributed by atoms with van der Waals surface area (Å²) >= 11 is 0. The topological polar surface area (TPSA) is 139 Å². The highest BCUT2D eigenvalue weighted by Gasteiger charge is 2.43. The van der Waals surface area contributed by atoms with Gasteiger partial charge in [0.2, 0.25) is 11.8 Å². The SMILES string of the molecule is CN1CCN(CCCOc2ccc(N3CCN(C(=O)[C@](C)(c4ccccc4)n4ncc5c4nc(N)n4nc(-c6ccco6)nc54)CC3)cc2)CC1. The van der Waals surface area contributed by atoms with Crippen LogP contribution in [-0.4, -0.2) is 123 Å². The molecule has 2 N–H and O–H groups in total. The fraction of sp³-hybridized carbons (Fsp3) is 0.378. The van der Waals surface area contributed by atoms with Crippen LogP contribution in [0.2, 0.25) is 0 Å². The van der Waals surface area contributed by atoms with Crippen LogP contribution in [0.1, 0.15) is 18.9 Å². The second-order valence-electron chi connectivity index (χ2n) is 13.5. The number of likely N-dealkylation sites (N-methyl/N-ethyl adjacent to an activating group) is 1. The number of benzene rings is 2. The number of hydrogen-bond donors (Lipinski definition) is 1. The van der Waals surface area contributed by atoms with Crippen molar-refractivity contribution in [1.82, 2.24) is 44.1 Å². The predicted octanol–water partition coefficient (Wildman–Crippen LogP) is 3.44. The van der Waals surface area contributed by atoms with E-state index in [2.05, 4.69) is 39.0 Å². The second kappa shape index (κ2) is 13.7. The van der Waals surface area contributed by atoms with Gasteiger partial charge in [-0.3, -0.25) is 4.79 Å². The number of carbonyl (C=O) groups excluding carboxylic acids is 1. The van der Waals surface area contributed by atoms with Crippen LogP contribution < -0.4 is 15.4 Å². The van der Waals surface area contributed by atoms with Crippen molar-refractivity contribution in [2.24, 2.45) is 0 Å². The zero-order valence-electron chi connectivity index (χ0n) is 29.1. The minimum Gasteiger partial charge on any atom is -0.494 e. The average molecular weight is 690 g/mol. The molecule has 264 valence electrons. The highest BCUT2D eigenvalue weighted by molar-refractivity contribution is 5.94. The number of piperazine rings is 2. The molecule has 1 atom stereocenters. The van der Waals surface area contributed by atoms with Crippen molar-refractivity contribution in [3.63, 3.8) is 0 Å². The smallest absolute Gasteiger partial charge is 0.255 e. The normalized spacial score (nSPS) is 17.3. The van der Waals surface area contributed by atoms with Gasteiger partial charge in [0.05, 0.1) is 24.5 Å². The van der Waals surface area contributed by atoms with E-state index in [1.165, 1.54) is 4.52 Å². The number of aromatic nitrogens is 6. The van der Waals surface area contributed by atoms with E-state index in [-0.39, 0.29) is 11.9 Å². The van der Waals surface area contributed by atoms with Crippen LogP contribution in [0.4, 0.5) is 11.6 Å². The Morgan fingerprint density at radius 2 is 1.67 bits per heavy atom. The first-order chi connectivity index (χ1) is 24.9. The van der Waals surface area contributed by atoms with E-state index in [0.717, 1.165) is 56.1 Å². The number of nitrogens with zero attached hydrogens (tertiary/aromatic N) is 10. The molecule has 2 aliphatic rings. The standard InChI is InChI=1S/C37H43N11O3/c1-37(27-8-4-3-5-9-27,48-34-30(26-39-48)33-40-32(31-10-6-24-51-31)42-47(33)36(38)41-34)35(49)46-22-20-45(21-23-46)28-11-13-29(14-12-28)50-25-7-15-44-18-16-43(2)17-19-44/h3-6,8-14,24,26H,7,15-23,25H2,1-2H3,(H2,38,41)/t37-/m0/s1. The highest BCUT2D eigenvalue weighted by Crippen LogP contribution is 2.34. The molecule has 2 aliphatic heterocycles. The molecule has 0 spiro atoms. The fourth-order valence-corrected chi connectivity index (χ4v) is 7.12. The van der Waals surface area contributed by atoms with Crippen molar-refractivity contribution >= 4 is 34.2 Å². The Morgan fingerprint density at radius 1 is 0.902 bits per heavy atom. The molecule has 8 rings (SSSR count). The molecule has 6 aromatic rings. The van der Waals surface area contributed by atoms with E-state index in [4.69, 9.17) is 30.0 Å². The van der Waals surface area contributed by atoms with Crippen molar-refractivity contribution in [3.8, 4) is 17.3 Å². The van der Waals surface area contributed by atoms with Crippen LogP contribution in [0.15, 0.2) is 83.6 Å². The fourth-order valence-electron chi connectivity index (χ4n) is 7.12. The molecule has 0 unspecified atom stereocenters. The molecule has 51 heavy (non-hydrogen) atoms. The first-order valence-electron chi connectivity index (χ1n) is 17.6. The molecular weight excluding hydrogens is 646 g/mol. The number of furan rings is 1. The van der Waals surface area contributed by atoms with Gasteiger partial charge in [-0.2, -0.15) is 14.6 Å². The average Bonchev–Trinajstić information content (AvgIpc) is 3.95. The molecule has 1 amide bonds. The van der Waals surface area contributed by atoms with Crippen molar-refractivity contribution in [2.45, 2.75) is 18.9 Å². The third kappa shape index (κ3) is 6.25. The molecule has 0 saturated carbocycles. The number of anilines is 2. The maximum atomic E-state index is 14.7. The number of rotatable bonds is 10. The Morgan fingerprint density at radius 3 is 2.39 bits per heavy atom. The summed E-state index contributed by atoms with van der Waals surface area (Å²) < 4.78 is 14.7. The van der Waals surface area contributed by atoms with Crippen molar-refractivity contribution in [2.75, 3.05) is 83.2 Å². The van der Waals surface area contributed by atoms with Gasteiger partial charge in [-0.1, -0.05) is 30.3 Å². The molecule has 14 heteroatoms. The summed E-state index contributed by atoms with van der Waals surface area (Å²) in [6.07, 6.45) is 4.25. The lowest BCUT2D eigenvalue weighted by atomic mass is 9.90. The van der Waals surface area contributed by atoms with Gasteiger partial charge < -0.3 is 34.5 Å². The summed E-state index contributed by atoms with van der Waals surface area (Å²) in [5, 5.41) is 9.90. The van der Waals surface area contributed by atoms with Gasteiger partial charge in [0, 0.05) is 64.6 Å².